The maximum Gasteiger partial charge on any atom is 0.180 e. The van der Waals surface area contributed by atoms with Gasteiger partial charge in [-0.15, -0.1) is 0 Å². The van der Waals surface area contributed by atoms with E-state index in [1.165, 1.54) is 0 Å². The van der Waals surface area contributed by atoms with Crippen LogP contribution in [0.25, 0.3) is 0 Å². The second-order valence-electron chi connectivity index (χ2n) is 5.64. The van der Waals surface area contributed by atoms with Crippen molar-refractivity contribution in [2.45, 2.75) is 30.4 Å². The zero-order chi connectivity index (χ0) is 16.3. The molecule has 2 unspecified atom stereocenters. The number of anilines is 1. The molecule has 2 atom stereocenters. The first kappa shape index (κ1) is 16.0. The second-order valence-corrected chi connectivity index (χ2v) is 7.89. The van der Waals surface area contributed by atoms with Gasteiger partial charge in [0.25, 0.3) is 0 Å². The Balaban J connectivity index is 1.88. The number of para-hydroxylation sites is 1. The third kappa shape index (κ3) is 3.41. The summed E-state index contributed by atoms with van der Waals surface area (Å²) in [5.74, 6) is 0.0922. The van der Waals surface area contributed by atoms with Crippen LogP contribution >= 0.6 is 0 Å². The maximum absolute atomic E-state index is 12.3. The Morgan fingerprint density at radius 2 is 1.78 bits per heavy atom. The summed E-state index contributed by atoms with van der Waals surface area (Å²) in [6, 6.07) is 17.2. The van der Waals surface area contributed by atoms with Gasteiger partial charge in [0, 0.05) is 6.61 Å². The van der Waals surface area contributed by atoms with E-state index in [4.69, 9.17) is 4.74 Å². The van der Waals surface area contributed by atoms with Crippen LogP contribution in [-0.4, -0.2) is 26.8 Å². The fourth-order valence-electron chi connectivity index (χ4n) is 2.92. The normalized spacial score (nSPS) is 21.3. The van der Waals surface area contributed by atoms with E-state index < -0.39 is 9.84 Å². The summed E-state index contributed by atoms with van der Waals surface area (Å²) in [4.78, 5) is 0.362. The molecule has 3 rings (SSSR count). The van der Waals surface area contributed by atoms with Crippen molar-refractivity contribution in [3.8, 4) is 0 Å². The van der Waals surface area contributed by atoms with Crippen LogP contribution in [-0.2, 0) is 14.6 Å². The largest absolute Gasteiger partial charge is 0.378 e. The molecular formula is C18H21NO3S. The SMILES string of the molecule is CCS(=O)(=O)c1ccccc1NC1CCOC1c1ccccc1. The highest BCUT2D eigenvalue weighted by atomic mass is 32.2. The molecule has 1 aliphatic heterocycles. The van der Waals surface area contributed by atoms with Gasteiger partial charge in [-0.05, 0) is 24.1 Å². The Morgan fingerprint density at radius 3 is 2.52 bits per heavy atom. The van der Waals surface area contributed by atoms with Gasteiger partial charge in [0.2, 0.25) is 0 Å². The van der Waals surface area contributed by atoms with E-state index >= 15 is 0 Å². The van der Waals surface area contributed by atoms with Gasteiger partial charge < -0.3 is 10.1 Å². The summed E-state index contributed by atoms with van der Waals surface area (Å²) in [5, 5.41) is 3.39. The molecule has 23 heavy (non-hydrogen) atoms. The number of nitrogens with one attached hydrogen (secondary N) is 1. The molecule has 2 aromatic rings. The third-order valence-electron chi connectivity index (χ3n) is 4.16. The monoisotopic (exact) mass is 331 g/mol. The number of hydrogen-bond acceptors (Lipinski definition) is 4. The topological polar surface area (TPSA) is 55.4 Å². The van der Waals surface area contributed by atoms with Crippen molar-refractivity contribution >= 4 is 15.5 Å². The van der Waals surface area contributed by atoms with Gasteiger partial charge in [-0.3, -0.25) is 0 Å². The molecule has 0 aliphatic carbocycles. The van der Waals surface area contributed by atoms with Crippen LogP contribution in [0.3, 0.4) is 0 Å². The predicted molar refractivity (Wildman–Crippen MR) is 91.3 cm³/mol. The highest BCUT2D eigenvalue weighted by Gasteiger charge is 2.30. The molecule has 1 saturated heterocycles. The minimum atomic E-state index is -3.26. The summed E-state index contributed by atoms with van der Waals surface area (Å²) in [5.41, 5.74) is 1.77. The number of ether oxygens (including phenoxy) is 1. The van der Waals surface area contributed by atoms with E-state index in [0.29, 0.717) is 17.2 Å². The molecule has 1 aliphatic rings. The van der Waals surface area contributed by atoms with E-state index in [-0.39, 0.29) is 17.9 Å². The lowest BCUT2D eigenvalue weighted by molar-refractivity contribution is 0.107. The summed E-state index contributed by atoms with van der Waals surface area (Å²) in [6.45, 7) is 2.33. The number of rotatable bonds is 5. The van der Waals surface area contributed by atoms with E-state index in [2.05, 4.69) is 5.32 Å². The van der Waals surface area contributed by atoms with Crippen molar-refractivity contribution in [2.75, 3.05) is 17.7 Å². The lowest BCUT2D eigenvalue weighted by Crippen LogP contribution is -2.24. The van der Waals surface area contributed by atoms with E-state index in [1.807, 2.05) is 42.5 Å². The fraction of sp³-hybridized carbons (Fsp3) is 0.333. The summed E-state index contributed by atoms with van der Waals surface area (Å²) in [6.07, 6.45) is 0.786. The Morgan fingerprint density at radius 1 is 1.09 bits per heavy atom. The van der Waals surface area contributed by atoms with Crippen LogP contribution in [0.15, 0.2) is 59.5 Å². The molecule has 4 nitrogen and oxygen atoms in total. The molecule has 2 aromatic carbocycles. The van der Waals surface area contributed by atoms with Gasteiger partial charge in [0.1, 0.15) is 6.10 Å². The highest BCUT2D eigenvalue weighted by molar-refractivity contribution is 7.91. The smallest absolute Gasteiger partial charge is 0.180 e. The molecular weight excluding hydrogens is 310 g/mol. The van der Waals surface area contributed by atoms with Crippen LogP contribution in [0.4, 0.5) is 5.69 Å². The molecule has 0 aromatic heterocycles. The van der Waals surface area contributed by atoms with E-state index in [9.17, 15) is 8.42 Å². The molecule has 0 saturated carbocycles. The molecule has 1 fully saturated rings. The van der Waals surface area contributed by atoms with E-state index in [1.54, 1.807) is 19.1 Å². The van der Waals surface area contributed by atoms with Crippen molar-refractivity contribution in [1.82, 2.24) is 0 Å². The summed E-state index contributed by atoms with van der Waals surface area (Å²) in [7, 11) is -3.26. The lowest BCUT2D eigenvalue weighted by Gasteiger charge is -2.22. The molecule has 0 radical (unpaired) electrons. The molecule has 0 bridgehead atoms. The quantitative estimate of drug-likeness (QED) is 0.912. The number of sulfone groups is 1. The molecule has 5 heteroatoms. The van der Waals surface area contributed by atoms with Gasteiger partial charge in [-0.2, -0.15) is 0 Å². The number of hydrogen-bond donors (Lipinski definition) is 1. The molecule has 0 spiro atoms. The highest BCUT2D eigenvalue weighted by Crippen LogP contribution is 2.33. The van der Waals surface area contributed by atoms with Gasteiger partial charge in [-0.1, -0.05) is 49.4 Å². The van der Waals surface area contributed by atoms with Crippen LogP contribution in [0.1, 0.15) is 25.0 Å². The van der Waals surface area contributed by atoms with Gasteiger partial charge in [0.15, 0.2) is 9.84 Å². The van der Waals surface area contributed by atoms with Gasteiger partial charge in [0.05, 0.1) is 22.4 Å². The van der Waals surface area contributed by atoms with Crippen LogP contribution < -0.4 is 5.32 Å². The Bertz CT molecular complexity index is 759. The zero-order valence-electron chi connectivity index (χ0n) is 13.1. The first-order chi connectivity index (χ1) is 11.1. The van der Waals surface area contributed by atoms with Crippen molar-refractivity contribution in [1.29, 1.82) is 0 Å². The molecule has 0 amide bonds. The van der Waals surface area contributed by atoms with Crippen molar-refractivity contribution in [3.05, 3.63) is 60.2 Å². The molecule has 122 valence electrons. The standard InChI is InChI=1S/C18H21NO3S/c1-2-23(20,21)17-11-7-6-10-15(17)19-16-12-13-22-18(16)14-8-4-3-5-9-14/h3-11,16,18-19H,2,12-13H2,1H3. The lowest BCUT2D eigenvalue weighted by atomic mass is 10.0. The maximum atomic E-state index is 12.3. The minimum Gasteiger partial charge on any atom is -0.378 e. The molecule has 1 heterocycles. The minimum absolute atomic E-state index is 0.0607. The van der Waals surface area contributed by atoms with Crippen molar-refractivity contribution < 1.29 is 13.2 Å². The van der Waals surface area contributed by atoms with Crippen LogP contribution in [0.5, 0.6) is 0 Å². The van der Waals surface area contributed by atoms with Gasteiger partial charge in [-0.25, -0.2) is 8.42 Å². The second kappa shape index (κ2) is 6.72. The number of benzene rings is 2. The Kier molecular flexibility index (Phi) is 4.68. The van der Waals surface area contributed by atoms with Crippen molar-refractivity contribution in [2.24, 2.45) is 0 Å². The first-order valence-corrected chi connectivity index (χ1v) is 9.52. The summed E-state index contributed by atoms with van der Waals surface area (Å²) < 4.78 is 30.4. The zero-order valence-corrected chi connectivity index (χ0v) is 13.9. The van der Waals surface area contributed by atoms with Crippen molar-refractivity contribution in [3.63, 3.8) is 0 Å². The van der Waals surface area contributed by atoms with Crippen LogP contribution in [0, 0.1) is 0 Å². The summed E-state index contributed by atoms with van der Waals surface area (Å²) >= 11 is 0. The Labute approximate surface area is 137 Å². The Hall–Kier alpha value is -1.85. The fourth-order valence-corrected chi connectivity index (χ4v) is 3.98. The average Bonchev–Trinajstić information content (AvgIpc) is 3.04. The predicted octanol–water partition coefficient (Wildman–Crippen LogP) is 3.42. The average molecular weight is 331 g/mol. The molecule has 1 N–H and O–H groups in total. The van der Waals surface area contributed by atoms with Crippen LogP contribution in [0.2, 0.25) is 0 Å². The van der Waals surface area contributed by atoms with E-state index in [0.717, 1.165) is 12.0 Å². The first-order valence-electron chi connectivity index (χ1n) is 7.86. The van der Waals surface area contributed by atoms with Gasteiger partial charge >= 0.3 is 0 Å². The third-order valence-corrected chi connectivity index (χ3v) is 5.95.